The SMILES string of the molecule is CC(C)Oc1ccc(NC2NC(=O)N(CC(=O)O)C(=O)N2Cc2ccc(Cl)cc2)cc1F. The molecule has 2 aromatic rings. The fraction of sp³-hybridized carbons (Fsp3) is 0.286. The molecule has 0 aromatic heterocycles. The number of nitrogens with one attached hydrogen (secondary N) is 2. The Bertz CT molecular complexity index is 1020. The first-order chi connectivity index (χ1) is 15.1. The van der Waals surface area contributed by atoms with Gasteiger partial charge < -0.3 is 15.2 Å². The maximum atomic E-state index is 14.4. The Morgan fingerprint density at radius 3 is 2.53 bits per heavy atom. The van der Waals surface area contributed by atoms with E-state index in [0.29, 0.717) is 15.5 Å². The van der Waals surface area contributed by atoms with Crippen molar-refractivity contribution in [3.63, 3.8) is 0 Å². The van der Waals surface area contributed by atoms with Gasteiger partial charge in [0.25, 0.3) is 0 Å². The van der Waals surface area contributed by atoms with Crippen LogP contribution in [0.2, 0.25) is 5.02 Å². The number of rotatable bonds is 8. The molecule has 1 atom stereocenters. The molecule has 32 heavy (non-hydrogen) atoms. The normalized spacial score (nSPS) is 16.2. The molecule has 3 N–H and O–H groups in total. The molecule has 1 unspecified atom stereocenters. The number of imide groups is 1. The van der Waals surface area contributed by atoms with Gasteiger partial charge >= 0.3 is 18.0 Å². The minimum absolute atomic E-state index is 0.0289. The Balaban J connectivity index is 1.86. The number of halogens is 2. The number of benzene rings is 2. The molecule has 1 aliphatic heterocycles. The molecule has 1 aliphatic rings. The van der Waals surface area contributed by atoms with Gasteiger partial charge in [0.2, 0.25) is 0 Å². The van der Waals surface area contributed by atoms with Gasteiger partial charge in [-0.1, -0.05) is 23.7 Å². The monoisotopic (exact) mass is 464 g/mol. The van der Waals surface area contributed by atoms with Crippen LogP contribution in [0.1, 0.15) is 19.4 Å². The fourth-order valence-corrected chi connectivity index (χ4v) is 3.18. The number of carbonyl (C=O) groups is 3. The molecule has 0 radical (unpaired) electrons. The summed E-state index contributed by atoms with van der Waals surface area (Å²) in [5.41, 5.74) is 0.970. The number of anilines is 1. The van der Waals surface area contributed by atoms with Crippen LogP contribution in [0.3, 0.4) is 0 Å². The van der Waals surface area contributed by atoms with Crippen molar-refractivity contribution in [3.8, 4) is 5.75 Å². The number of amides is 4. The van der Waals surface area contributed by atoms with E-state index >= 15 is 0 Å². The van der Waals surface area contributed by atoms with E-state index in [4.69, 9.17) is 21.4 Å². The molecule has 2 aromatic carbocycles. The average Bonchev–Trinajstić information content (AvgIpc) is 2.71. The number of carbonyl (C=O) groups excluding carboxylic acids is 2. The third-order valence-corrected chi connectivity index (χ3v) is 4.70. The van der Waals surface area contributed by atoms with Crippen LogP contribution in [-0.4, -0.2) is 51.9 Å². The van der Waals surface area contributed by atoms with Gasteiger partial charge in [-0.25, -0.2) is 18.9 Å². The lowest BCUT2D eigenvalue weighted by molar-refractivity contribution is -0.137. The molecule has 1 heterocycles. The molecule has 0 bridgehead atoms. The summed E-state index contributed by atoms with van der Waals surface area (Å²) in [7, 11) is 0. The maximum absolute atomic E-state index is 14.4. The Morgan fingerprint density at radius 2 is 1.94 bits per heavy atom. The van der Waals surface area contributed by atoms with E-state index < -0.39 is 36.7 Å². The summed E-state index contributed by atoms with van der Waals surface area (Å²) in [6.07, 6.45) is -1.28. The highest BCUT2D eigenvalue weighted by Gasteiger charge is 2.39. The molecule has 4 amide bonds. The van der Waals surface area contributed by atoms with Crippen molar-refractivity contribution in [2.75, 3.05) is 11.9 Å². The lowest BCUT2D eigenvalue weighted by Gasteiger charge is -2.41. The lowest BCUT2D eigenvalue weighted by Crippen LogP contribution is -2.67. The molecule has 170 valence electrons. The average molecular weight is 465 g/mol. The Morgan fingerprint density at radius 1 is 1.25 bits per heavy atom. The Hall–Kier alpha value is -3.53. The highest BCUT2D eigenvalue weighted by molar-refractivity contribution is 6.30. The molecule has 0 aliphatic carbocycles. The van der Waals surface area contributed by atoms with Gasteiger partial charge in [0.1, 0.15) is 6.54 Å². The smallest absolute Gasteiger partial charge is 0.332 e. The van der Waals surface area contributed by atoms with Gasteiger partial charge in [0.05, 0.1) is 12.6 Å². The maximum Gasteiger partial charge on any atom is 0.332 e. The third-order valence-electron chi connectivity index (χ3n) is 4.45. The summed E-state index contributed by atoms with van der Waals surface area (Å²) in [6, 6.07) is 9.13. The number of hydrogen-bond acceptors (Lipinski definition) is 5. The second-order valence-corrected chi connectivity index (χ2v) is 7.76. The van der Waals surface area contributed by atoms with Crippen LogP contribution in [0.25, 0.3) is 0 Å². The van der Waals surface area contributed by atoms with Crippen LogP contribution >= 0.6 is 11.6 Å². The molecular formula is C21H22ClFN4O5. The largest absolute Gasteiger partial charge is 0.488 e. The highest BCUT2D eigenvalue weighted by Crippen LogP contribution is 2.24. The number of ether oxygens (including phenoxy) is 1. The van der Waals surface area contributed by atoms with Gasteiger partial charge in [-0.05, 0) is 43.7 Å². The minimum atomic E-state index is -1.34. The van der Waals surface area contributed by atoms with Gasteiger partial charge in [0.15, 0.2) is 17.9 Å². The van der Waals surface area contributed by atoms with Crippen molar-refractivity contribution >= 4 is 35.3 Å². The Kier molecular flexibility index (Phi) is 7.04. The summed E-state index contributed by atoms with van der Waals surface area (Å²) in [6.45, 7) is 2.77. The second kappa shape index (κ2) is 9.73. The van der Waals surface area contributed by atoms with Crippen molar-refractivity contribution in [1.82, 2.24) is 15.1 Å². The van der Waals surface area contributed by atoms with Gasteiger partial charge in [0, 0.05) is 16.8 Å². The number of carboxylic acids is 1. The molecule has 1 saturated heterocycles. The van der Waals surface area contributed by atoms with Gasteiger partial charge in [-0.3, -0.25) is 15.0 Å². The van der Waals surface area contributed by atoms with E-state index in [2.05, 4.69) is 10.6 Å². The van der Waals surface area contributed by atoms with Crippen molar-refractivity contribution in [3.05, 3.63) is 58.9 Å². The van der Waals surface area contributed by atoms with E-state index in [-0.39, 0.29) is 24.1 Å². The zero-order chi connectivity index (χ0) is 23.4. The predicted molar refractivity (Wildman–Crippen MR) is 115 cm³/mol. The lowest BCUT2D eigenvalue weighted by atomic mass is 10.2. The summed E-state index contributed by atoms with van der Waals surface area (Å²) < 4.78 is 19.8. The third kappa shape index (κ3) is 5.58. The number of urea groups is 2. The standard InChI is InChI=1S/C21H22ClFN4O5/c1-12(2)32-17-8-7-15(9-16(17)23)24-19-25-20(30)27(11-18(28)29)21(31)26(19)10-13-3-5-14(22)6-4-13/h3-9,12,19,24H,10-11H2,1-2H3,(H,25,30)(H,28,29). The summed E-state index contributed by atoms with van der Waals surface area (Å²) >= 11 is 5.91. The van der Waals surface area contributed by atoms with Gasteiger partial charge in [-0.15, -0.1) is 0 Å². The topological polar surface area (TPSA) is 111 Å². The van der Waals surface area contributed by atoms with Crippen molar-refractivity contribution in [2.24, 2.45) is 0 Å². The molecular weight excluding hydrogens is 443 g/mol. The highest BCUT2D eigenvalue weighted by atomic mass is 35.5. The molecule has 9 nitrogen and oxygen atoms in total. The van der Waals surface area contributed by atoms with Crippen molar-refractivity contribution in [1.29, 1.82) is 0 Å². The molecule has 1 fully saturated rings. The van der Waals surface area contributed by atoms with E-state index in [1.165, 1.54) is 17.0 Å². The van der Waals surface area contributed by atoms with Crippen molar-refractivity contribution in [2.45, 2.75) is 32.8 Å². The first kappa shape index (κ1) is 23.1. The molecule has 11 heteroatoms. The van der Waals surface area contributed by atoms with E-state index in [0.717, 1.165) is 0 Å². The van der Waals surface area contributed by atoms with Crippen LogP contribution in [0, 0.1) is 5.82 Å². The predicted octanol–water partition coefficient (Wildman–Crippen LogP) is 3.69. The molecule has 0 saturated carbocycles. The number of hydrogen-bond donors (Lipinski definition) is 3. The van der Waals surface area contributed by atoms with Crippen LogP contribution in [0.15, 0.2) is 42.5 Å². The quantitative estimate of drug-likeness (QED) is 0.549. The fourth-order valence-electron chi connectivity index (χ4n) is 3.06. The van der Waals surface area contributed by atoms with E-state index in [9.17, 15) is 18.8 Å². The molecule has 3 rings (SSSR count). The van der Waals surface area contributed by atoms with Crippen LogP contribution in [0.4, 0.5) is 19.7 Å². The van der Waals surface area contributed by atoms with E-state index in [1.807, 2.05) is 0 Å². The number of aliphatic carboxylic acids is 1. The first-order valence-corrected chi connectivity index (χ1v) is 10.1. The van der Waals surface area contributed by atoms with Gasteiger partial charge in [-0.2, -0.15) is 0 Å². The first-order valence-electron chi connectivity index (χ1n) is 9.71. The van der Waals surface area contributed by atoms with Crippen LogP contribution in [-0.2, 0) is 11.3 Å². The summed E-state index contributed by atoms with van der Waals surface area (Å²) in [5, 5.41) is 15.0. The number of nitrogens with zero attached hydrogens (tertiary/aromatic N) is 2. The van der Waals surface area contributed by atoms with E-state index in [1.54, 1.807) is 44.2 Å². The second-order valence-electron chi connectivity index (χ2n) is 7.32. The van der Waals surface area contributed by atoms with Crippen LogP contribution < -0.4 is 15.4 Å². The zero-order valence-corrected chi connectivity index (χ0v) is 18.1. The molecule has 0 spiro atoms. The van der Waals surface area contributed by atoms with Crippen LogP contribution in [0.5, 0.6) is 5.75 Å². The van der Waals surface area contributed by atoms with Crippen molar-refractivity contribution < 1.29 is 28.6 Å². The zero-order valence-electron chi connectivity index (χ0n) is 17.3. The minimum Gasteiger partial charge on any atom is -0.488 e. The Labute approximate surface area is 188 Å². The summed E-state index contributed by atoms with van der Waals surface area (Å²) in [4.78, 5) is 38.2. The summed E-state index contributed by atoms with van der Waals surface area (Å²) in [5.74, 6) is -1.89. The number of carboxylic acid groups (broad SMARTS) is 1.